The van der Waals surface area contributed by atoms with E-state index in [9.17, 15) is 5.26 Å². The fourth-order valence-corrected chi connectivity index (χ4v) is 4.25. The first-order chi connectivity index (χ1) is 17.3. The van der Waals surface area contributed by atoms with Gasteiger partial charge in [0, 0.05) is 18.0 Å². The average molecular weight is 478 g/mol. The number of hydrazine groups is 1. The molecular weight excluding hydrogens is 454 g/mol. The molecule has 1 aliphatic heterocycles. The molecule has 4 heterocycles. The van der Waals surface area contributed by atoms with E-state index in [1.165, 1.54) is 0 Å². The summed E-state index contributed by atoms with van der Waals surface area (Å²) < 4.78 is 3.31. The molecule has 6 rings (SSSR count). The van der Waals surface area contributed by atoms with Crippen molar-refractivity contribution >= 4 is 28.5 Å². The number of nitriles is 1. The number of hydrogen-bond donors (Lipinski definition) is 2. The summed E-state index contributed by atoms with van der Waals surface area (Å²) in [7, 11) is 1.85. The molecule has 0 saturated carbocycles. The van der Waals surface area contributed by atoms with Gasteiger partial charge in [0.1, 0.15) is 11.6 Å². The van der Waals surface area contributed by atoms with E-state index in [1.807, 2.05) is 55.6 Å². The number of aromatic amines is 1. The largest absolute Gasteiger partial charge is 0.320 e. The zero-order chi connectivity index (χ0) is 25.0. The van der Waals surface area contributed by atoms with Crippen LogP contribution in [0, 0.1) is 11.3 Å². The van der Waals surface area contributed by atoms with Crippen LogP contribution in [0.4, 0.5) is 22.9 Å². The fraction of sp³-hybridized carbons (Fsp3) is 0.200. The molecule has 178 valence electrons. The highest BCUT2D eigenvalue weighted by Gasteiger charge is 2.27. The third-order valence-electron chi connectivity index (χ3n) is 5.98. The molecule has 0 fully saturated rings. The summed E-state index contributed by atoms with van der Waals surface area (Å²) in [5, 5.41) is 34.2. The van der Waals surface area contributed by atoms with Crippen LogP contribution in [0.2, 0.25) is 0 Å². The van der Waals surface area contributed by atoms with Gasteiger partial charge in [0.15, 0.2) is 23.0 Å². The minimum absolute atomic E-state index is 0.266. The van der Waals surface area contributed by atoms with Crippen LogP contribution in [-0.2, 0) is 5.41 Å². The number of azo groups is 1. The van der Waals surface area contributed by atoms with Crippen molar-refractivity contribution in [3.63, 3.8) is 0 Å². The topological polar surface area (TPSA) is 128 Å². The van der Waals surface area contributed by atoms with Gasteiger partial charge in [-0.3, -0.25) is 10.4 Å². The van der Waals surface area contributed by atoms with Gasteiger partial charge in [0.2, 0.25) is 0 Å². The monoisotopic (exact) mass is 477 g/mol. The van der Waals surface area contributed by atoms with Gasteiger partial charge in [0.25, 0.3) is 0 Å². The van der Waals surface area contributed by atoms with Crippen LogP contribution in [-0.4, -0.2) is 36.6 Å². The summed E-state index contributed by atoms with van der Waals surface area (Å²) in [6, 6.07) is 17.7. The Hall–Kier alpha value is -4.98. The number of aromatic nitrogens is 6. The number of anilines is 2. The van der Waals surface area contributed by atoms with Crippen molar-refractivity contribution in [3.05, 3.63) is 66.0 Å². The highest BCUT2D eigenvalue weighted by Crippen LogP contribution is 2.38. The Balaban J connectivity index is 1.43. The van der Waals surface area contributed by atoms with E-state index in [1.54, 1.807) is 20.5 Å². The minimum atomic E-state index is -0.266. The Labute approximate surface area is 206 Å². The van der Waals surface area contributed by atoms with Gasteiger partial charge in [0.05, 0.1) is 29.0 Å². The second-order valence-electron chi connectivity index (χ2n) is 9.60. The normalized spacial score (nSPS) is 13.0. The van der Waals surface area contributed by atoms with Crippen LogP contribution >= 0.6 is 0 Å². The lowest BCUT2D eigenvalue weighted by Crippen LogP contribution is -2.32. The molecule has 36 heavy (non-hydrogen) atoms. The molecule has 5 aromatic rings. The van der Waals surface area contributed by atoms with Crippen LogP contribution < -0.4 is 10.4 Å². The number of H-pyrrole nitrogens is 1. The lowest BCUT2D eigenvalue weighted by molar-refractivity contribution is 0.557. The Morgan fingerprint density at radius 1 is 1.03 bits per heavy atom. The van der Waals surface area contributed by atoms with Crippen molar-refractivity contribution in [1.82, 2.24) is 29.6 Å². The number of nitrogens with one attached hydrogen (secondary N) is 2. The highest BCUT2D eigenvalue weighted by molar-refractivity contribution is 5.76. The van der Waals surface area contributed by atoms with E-state index in [-0.39, 0.29) is 5.41 Å². The molecule has 0 aliphatic carbocycles. The minimum Gasteiger partial charge on any atom is -0.320 e. The van der Waals surface area contributed by atoms with Crippen molar-refractivity contribution in [3.8, 4) is 23.1 Å². The summed E-state index contributed by atoms with van der Waals surface area (Å²) in [5.41, 5.74) is 8.82. The van der Waals surface area contributed by atoms with Crippen molar-refractivity contribution in [2.24, 2.45) is 10.2 Å². The summed E-state index contributed by atoms with van der Waals surface area (Å²) in [6.07, 6.45) is 1.55. The van der Waals surface area contributed by atoms with E-state index in [0.29, 0.717) is 34.2 Å². The molecule has 3 aromatic heterocycles. The molecule has 1 aliphatic rings. The molecule has 0 spiro atoms. The van der Waals surface area contributed by atoms with Crippen molar-refractivity contribution in [1.29, 1.82) is 5.26 Å². The quantitative estimate of drug-likeness (QED) is 0.341. The second-order valence-corrected chi connectivity index (χ2v) is 9.60. The molecule has 0 saturated heterocycles. The highest BCUT2D eigenvalue weighted by atomic mass is 15.6. The summed E-state index contributed by atoms with van der Waals surface area (Å²) in [6.45, 7) is 6.25. The SMILES string of the molecule is CN1Nc2ccc(/N=N/c3c(C(C)(C)C)nn4nc(-c5ccccc5)[nH]c34)cc2-n2ncc(C#N)c21. The third kappa shape index (κ3) is 3.39. The van der Waals surface area contributed by atoms with Crippen molar-refractivity contribution < 1.29 is 0 Å². The van der Waals surface area contributed by atoms with Crippen LogP contribution in [0.3, 0.4) is 0 Å². The molecule has 2 N–H and O–H groups in total. The van der Waals surface area contributed by atoms with Crippen LogP contribution in [0.15, 0.2) is 65.0 Å². The van der Waals surface area contributed by atoms with Gasteiger partial charge in [-0.25, -0.2) is 4.68 Å². The molecule has 0 amide bonds. The van der Waals surface area contributed by atoms with E-state index < -0.39 is 0 Å². The summed E-state index contributed by atoms with van der Waals surface area (Å²) in [4.78, 5) is 3.36. The molecule has 0 atom stereocenters. The van der Waals surface area contributed by atoms with Crippen LogP contribution in [0.1, 0.15) is 32.0 Å². The van der Waals surface area contributed by atoms with Gasteiger partial charge in [-0.15, -0.1) is 14.8 Å². The lowest BCUT2D eigenvalue weighted by atomic mass is 9.91. The first-order valence-corrected chi connectivity index (χ1v) is 11.4. The first-order valence-electron chi connectivity index (χ1n) is 11.4. The summed E-state index contributed by atoms with van der Waals surface area (Å²) in [5.74, 6) is 1.37. The maximum absolute atomic E-state index is 9.44. The molecule has 11 heteroatoms. The van der Waals surface area contributed by atoms with E-state index in [2.05, 4.69) is 57.7 Å². The number of fused-ring (bicyclic) bond motifs is 4. The summed E-state index contributed by atoms with van der Waals surface area (Å²) >= 11 is 0. The van der Waals surface area contributed by atoms with Gasteiger partial charge in [-0.1, -0.05) is 51.1 Å². The maximum atomic E-state index is 9.44. The van der Waals surface area contributed by atoms with Crippen molar-refractivity contribution in [2.75, 3.05) is 17.5 Å². The van der Waals surface area contributed by atoms with E-state index in [4.69, 9.17) is 5.10 Å². The van der Waals surface area contributed by atoms with Crippen LogP contribution in [0.25, 0.3) is 22.7 Å². The van der Waals surface area contributed by atoms with Gasteiger partial charge in [-0.2, -0.15) is 20.6 Å². The Kier molecular flexibility index (Phi) is 4.65. The second kappa shape index (κ2) is 7.78. The molecule has 2 aromatic carbocycles. The first kappa shape index (κ1) is 21.5. The molecular formula is C25H23N11. The predicted octanol–water partition coefficient (Wildman–Crippen LogP) is 5.27. The average Bonchev–Trinajstić information content (AvgIpc) is 3.56. The Morgan fingerprint density at radius 2 is 1.83 bits per heavy atom. The van der Waals surface area contributed by atoms with E-state index >= 15 is 0 Å². The smallest absolute Gasteiger partial charge is 0.184 e. The number of benzene rings is 2. The zero-order valence-corrected chi connectivity index (χ0v) is 20.2. The zero-order valence-electron chi connectivity index (χ0n) is 20.2. The van der Waals surface area contributed by atoms with Crippen molar-refractivity contribution in [2.45, 2.75) is 26.2 Å². The van der Waals surface area contributed by atoms with Gasteiger partial charge >= 0.3 is 0 Å². The lowest BCUT2D eigenvalue weighted by Gasteiger charge is -2.29. The number of nitrogens with zero attached hydrogens (tertiary/aromatic N) is 9. The van der Waals surface area contributed by atoms with E-state index in [0.717, 1.165) is 22.6 Å². The van der Waals surface area contributed by atoms with Gasteiger partial charge in [-0.05, 0) is 18.2 Å². The standard InChI is InChI=1S/C25H23N11/c1-25(2,3)21-20(23-28-22(33-36(23)32-21)15-8-6-5-7-9-15)30-29-17-10-11-18-19(12-17)35-24(34(4)31-18)16(13-26)14-27-35/h5-12,14,31H,1-4H3,(H,28,33)/b30-29+. The number of hydrogen-bond acceptors (Lipinski definition) is 8. The Bertz CT molecular complexity index is 1670. The predicted molar refractivity (Wildman–Crippen MR) is 136 cm³/mol. The molecule has 0 unspecified atom stereocenters. The molecule has 11 nitrogen and oxygen atoms in total. The fourth-order valence-electron chi connectivity index (χ4n) is 4.25. The third-order valence-corrected chi connectivity index (χ3v) is 5.98. The number of rotatable bonds is 3. The van der Waals surface area contributed by atoms with Crippen LogP contribution in [0.5, 0.6) is 0 Å². The van der Waals surface area contributed by atoms with Gasteiger partial charge < -0.3 is 4.98 Å². The molecule has 0 bridgehead atoms. The maximum Gasteiger partial charge on any atom is 0.184 e. The Morgan fingerprint density at radius 3 is 2.58 bits per heavy atom. The molecule has 0 radical (unpaired) electrons.